The number of nitrogens with zero attached hydrogens (tertiary/aromatic N) is 3. The first-order chi connectivity index (χ1) is 18.2. The zero-order chi connectivity index (χ0) is 27.2. The van der Waals surface area contributed by atoms with E-state index in [1.165, 1.54) is 24.0 Å². The first-order valence-corrected chi connectivity index (χ1v) is 12.6. The molecule has 2 aliphatic rings. The van der Waals surface area contributed by atoms with E-state index in [4.69, 9.17) is 21.7 Å². The summed E-state index contributed by atoms with van der Waals surface area (Å²) in [5.41, 5.74) is 1.65. The van der Waals surface area contributed by atoms with Crippen LogP contribution in [0.4, 0.5) is 20.6 Å². The SMILES string of the molecule is CC(=O)Oc1ccc(/C=C/C(=O)N2CCN(c3ccc(N4C[C@H](CNC(C)=S)OC4=O)cc3F)CC2)cc1. The summed E-state index contributed by atoms with van der Waals surface area (Å²) < 4.78 is 25.4. The molecule has 2 saturated heterocycles. The third-order valence-electron chi connectivity index (χ3n) is 6.19. The highest BCUT2D eigenvalue weighted by Crippen LogP contribution is 2.28. The van der Waals surface area contributed by atoms with Crippen molar-refractivity contribution in [1.82, 2.24) is 10.2 Å². The highest BCUT2D eigenvalue weighted by Gasteiger charge is 2.33. The van der Waals surface area contributed by atoms with Gasteiger partial charge in [-0.25, -0.2) is 9.18 Å². The van der Waals surface area contributed by atoms with Gasteiger partial charge in [-0.3, -0.25) is 14.5 Å². The molecule has 2 amide bonds. The van der Waals surface area contributed by atoms with Gasteiger partial charge < -0.3 is 24.6 Å². The van der Waals surface area contributed by atoms with Gasteiger partial charge in [0, 0.05) is 39.2 Å². The number of esters is 1. The Hall–Kier alpha value is -3.99. The number of amides is 2. The van der Waals surface area contributed by atoms with E-state index >= 15 is 4.39 Å². The monoisotopic (exact) mass is 540 g/mol. The Balaban J connectivity index is 1.30. The van der Waals surface area contributed by atoms with Crippen LogP contribution in [0.2, 0.25) is 0 Å². The number of thiocarbonyl (C=S) groups is 1. The number of anilines is 2. The fraction of sp³-hybridized carbons (Fsp3) is 0.333. The Bertz CT molecular complexity index is 1240. The molecule has 0 aliphatic carbocycles. The fourth-order valence-corrected chi connectivity index (χ4v) is 4.35. The number of piperazine rings is 1. The number of benzene rings is 2. The topological polar surface area (TPSA) is 91.4 Å². The molecule has 0 saturated carbocycles. The summed E-state index contributed by atoms with van der Waals surface area (Å²) in [6, 6.07) is 11.5. The summed E-state index contributed by atoms with van der Waals surface area (Å²) in [7, 11) is 0. The molecule has 9 nitrogen and oxygen atoms in total. The average Bonchev–Trinajstić information content (AvgIpc) is 3.27. The van der Waals surface area contributed by atoms with Crippen LogP contribution in [-0.2, 0) is 14.3 Å². The minimum atomic E-state index is -0.522. The molecule has 1 atom stereocenters. The molecule has 4 rings (SSSR count). The third-order valence-corrected chi connectivity index (χ3v) is 6.33. The van der Waals surface area contributed by atoms with E-state index in [1.807, 2.05) is 4.90 Å². The van der Waals surface area contributed by atoms with Gasteiger partial charge in [-0.05, 0) is 48.9 Å². The summed E-state index contributed by atoms with van der Waals surface area (Å²) in [4.78, 5) is 41.5. The van der Waals surface area contributed by atoms with Crippen molar-refractivity contribution in [3.05, 3.63) is 59.9 Å². The van der Waals surface area contributed by atoms with Crippen LogP contribution in [0, 0.1) is 5.82 Å². The Morgan fingerprint density at radius 1 is 1.13 bits per heavy atom. The molecule has 2 aromatic rings. The van der Waals surface area contributed by atoms with Crippen molar-refractivity contribution in [2.45, 2.75) is 20.0 Å². The summed E-state index contributed by atoms with van der Waals surface area (Å²) in [5.74, 6) is -0.529. The minimum Gasteiger partial charge on any atom is -0.442 e. The standard InChI is InChI=1S/C27H29FN4O5S/c1-18(38)29-16-23-17-32(27(35)37-23)21-6-9-25(24(28)15-21)30-11-13-31(14-12-30)26(34)10-5-20-3-7-22(8-4-20)36-19(2)33/h3-10,15,23H,11-14,16-17H2,1-2H3,(H,29,38)/b10-5+/t23-/m0/s1. The van der Waals surface area contributed by atoms with Crippen LogP contribution in [0.1, 0.15) is 19.4 Å². The van der Waals surface area contributed by atoms with Crippen LogP contribution in [-0.4, -0.2) is 73.2 Å². The number of ether oxygens (including phenoxy) is 2. The predicted octanol–water partition coefficient (Wildman–Crippen LogP) is 3.38. The van der Waals surface area contributed by atoms with Crippen molar-refractivity contribution in [1.29, 1.82) is 0 Å². The first-order valence-electron chi connectivity index (χ1n) is 12.2. The number of hydrogen-bond acceptors (Lipinski definition) is 7. The van der Waals surface area contributed by atoms with Crippen LogP contribution in [0.3, 0.4) is 0 Å². The molecule has 200 valence electrons. The normalized spacial score (nSPS) is 17.5. The summed E-state index contributed by atoms with van der Waals surface area (Å²) in [5, 5.41) is 2.98. The van der Waals surface area contributed by atoms with E-state index in [0.717, 1.165) is 5.56 Å². The van der Waals surface area contributed by atoms with E-state index in [0.29, 0.717) is 61.4 Å². The highest BCUT2D eigenvalue weighted by molar-refractivity contribution is 7.80. The lowest BCUT2D eigenvalue weighted by Gasteiger charge is -2.36. The summed E-state index contributed by atoms with van der Waals surface area (Å²) in [6.45, 7) is 5.63. The van der Waals surface area contributed by atoms with Gasteiger partial charge in [0.25, 0.3) is 0 Å². The van der Waals surface area contributed by atoms with E-state index in [1.54, 1.807) is 54.3 Å². The largest absolute Gasteiger partial charge is 0.442 e. The summed E-state index contributed by atoms with van der Waals surface area (Å²) in [6.07, 6.45) is 2.30. The molecule has 0 unspecified atom stereocenters. The molecule has 11 heteroatoms. The lowest BCUT2D eigenvalue weighted by atomic mass is 10.2. The lowest BCUT2D eigenvalue weighted by molar-refractivity contribution is -0.132. The second kappa shape index (κ2) is 12.0. The molecule has 0 aromatic heterocycles. The molecule has 0 radical (unpaired) electrons. The van der Waals surface area contributed by atoms with E-state index in [9.17, 15) is 14.4 Å². The maximum Gasteiger partial charge on any atom is 0.414 e. The first kappa shape index (κ1) is 27.1. The van der Waals surface area contributed by atoms with Gasteiger partial charge in [0.2, 0.25) is 5.91 Å². The quantitative estimate of drug-likeness (QED) is 0.248. The zero-order valence-corrected chi connectivity index (χ0v) is 22.0. The molecule has 0 spiro atoms. The van der Waals surface area contributed by atoms with Crippen molar-refractivity contribution >= 4 is 52.6 Å². The second-order valence-electron chi connectivity index (χ2n) is 9.00. The Labute approximate surface area is 225 Å². The molecule has 38 heavy (non-hydrogen) atoms. The molecule has 2 aliphatic heterocycles. The van der Waals surface area contributed by atoms with Crippen LogP contribution < -0.4 is 19.9 Å². The van der Waals surface area contributed by atoms with E-state index < -0.39 is 17.9 Å². The van der Waals surface area contributed by atoms with Gasteiger partial charge in [-0.15, -0.1) is 0 Å². The molecule has 2 heterocycles. The Kier molecular flexibility index (Phi) is 8.57. The van der Waals surface area contributed by atoms with Gasteiger partial charge in [-0.2, -0.15) is 0 Å². The number of cyclic esters (lactones) is 1. The van der Waals surface area contributed by atoms with Gasteiger partial charge in [0.15, 0.2) is 0 Å². The molecule has 1 N–H and O–H groups in total. The van der Waals surface area contributed by atoms with Gasteiger partial charge in [0.1, 0.15) is 17.7 Å². The zero-order valence-electron chi connectivity index (χ0n) is 21.2. The third kappa shape index (κ3) is 6.86. The molecular formula is C27H29FN4O5S. The van der Waals surface area contributed by atoms with Crippen LogP contribution >= 0.6 is 12.2 Å². The van der Waals surface area contributed by atoms with Crippen molar-refractivity contribution in [3.63, 3.8) is 0 Å². The van der Waals surface area contributed by atoms with Gasteiger partial charge in [0.05, 0.1) is 29.5 Å². The Morgan fingerprint density at radius 3 is 2.47 bits per heavy atom. The average molecular weight is 541 g/mol. The van der Waals surface area contributed by atoms with Crippen molar-refractivity contribution in [2.24, 2.45) is 0 Å². The van der Waals surface area contributed by atoms with Crippen LogP contribution in [0.15, 0.2) is 48.5 Å². The van der Waals surface area contributed by atoms with Gasteiger partial charge in [-0.1, -0.05) is 24.4 Å². The smallest absolute Gasteiger partial charge is 0.414 e. The highest BCUT2D eigenvalue weighted by atomic mass is 32.1. The van der Waals surface area contributed by atoms with Crippen molar-refractivity contribution in [2.75, 3.05) is 49.1 Å². The van der Waals surface area contributed by atoms with Gasteiger partial charge >= 0.3 is 12.1 Å². The van der Waals surface area contributed by atoms with E-state index in [-0.39, 0.29) is 12.0 Å². The number of nitrogens with one attached hydrogen (secondary N) is 1. The number of carbonyl (C=O) groups excluding carboxylic acids is 3. The number of halogens is 1. The maximum atomic E-state index is 15.1. The van der Waals surface area contributed by atoms with Crippen molar-refractivity contribution in [3.8, 4) is 5.75 Å². The van der Waals surface area contributed by atoms with Crippen LogP contribution in [0.25, 0.3) is 6.08 Å². The minimum absolute atomic E-state index is 0.134. The lowest BCUT2D eigenvalue weighted by Crippen LogP contribution is -2.48. The molecule has 2 fully saturated rings. The van der Waals surface area contributed by atoms with Crippen LogP contribution in [0.5, 0.6) is 5.75 Å². The fourth-order valence-electron chi connectivity index (χ4n) is 4.27. The van der Waals surface area contributed by atoms with Crippen molar-refractivity contribution < 1.29 is 28.2 Å². The molecular weight excluding hydrogens is 511 g/mol. The van der Waals surface area contributed by atoms with E-state index in [2.05, 4.69) is 5.32 Å². The second-order valence-corrected chi connectivity index (χ2v) is 9.61. The number of rotatable bonds is 7. The number of hydrogen-bond donors (Lipinski definition) is 1. The molecule has 2 aromatic carbocycles. The predicted molar refractivity (Wildman–Crippen MR) is 146 cm³/mol. The Morgan fingerprint density at radius 2 is 1.84 bits per heavy atom. The maximum absolute atomic E-state index is 15.1. The number of carbonyl (C=O) groups is 3. The molecule has 0 bridgehead atoms. The summed E-state index contributed by atoms with van der Waals surface area (Å²) >= 11 is 4.99.